The highest BCUT2D eigenvalue weighted by Gasteiger charge is 2.43. The van der Waals surface area contributed by atoms with E-state index in [1.165, 1.54) is 19.3 Å². The highest BCUT2D eigenvalue weighted by atomic mass is 16.2. The van der Waals surface area contributed by atoms with Crippen LogP contribution in [-0.2, 0) is 9.59 Å². The van der Waals surface area contributed by atoms with Crippen molar-refractivity contribution in [1.82, 2.24) is 10.2 Å². The van der Waals surface area contributed by atoms with E-state index in [-0.39, 0.29) is 35.9 Å². The first-order valence-electron chi connectivity index (χ1n) is 8.08. The van der Waals surface area contributed by atoms with Crippen LogP contribution in [0.1, 0.15) is 59.8 Å². The zero-order valence-electron chi connectivity index (χ0n) is 13.2. The Labute approximate surface area is 122 Å². The molecule has 0 aromatic rings. The summed E-state index contributed by atoms with van der Waals surface area (Å²) in [5.41, 5.74) is 0. The first-order valence-corrected chi connectivity index (χ1v) is 8.08. The van der Waals surface area contributed by atoms with Crippen molar-refractivity contribution < 1.29 is 9.59 Å². The minimum absolute atomic E-state index is 0.00178. The lowest BCUT2D eigenvalue weighted by atomic mass is 9.82. The molecule has 1 saturated heterocycles. The number of piperazine rings is 1. The molecule has 0 aromatic heterocycles. The van der Waals surface area contributed by atoms with Crippen molar-refractivity contribution in [3.63, 3.8) is 0 Å². The molecule has 2 aliphatic rings. The number of carbonyl (C=O) groups is 2. The summed E-state index contributed by atoms with van der Waals surface area (Å²) in [7, 11) is 0. The highest BCUT2D eigenvalue weighted by Crippen LogP contribution is 2.32. The molecule has 1 heterocycles. The summed E-state index contributed by atoms with van der Waals surface area (Å²) in [5, 5.41) is 2.88. The number of amides is 2. The SMILES string of the molecule is CCC1CCCC(N2C(=O)C(C(C)C)NC(=O)C2C)C1. The van der Waals surface area contributed by atoms with Crippen molar-refractivity contribution in [1.29, 1.82) is 0 Å². The first-order chi connectivity index (χ1) is 9.45. The van der Waals surface area contributed by atoms with E-state index in [9.17, 15) is 9.59 Å². The second-order valence-corrected chi connectivity index (χ2v) is 6.75. The number of hydrogen-bond acceptors (Lipinski definition) is 2. The molecule has 0 spiro atoms. The quantitative estimate of drug-likeness (QED) is 0.862. The van der Waals surface area contributed by atoms with Crippen LogP contribution < -0.4 is 5.32 Å². The highest BCUT2D eigenvalue weighted by molar-refractivity contribution is 5.97. The Morgan fingerprint density at radius 3 is 2.60 bits per heavy atom. The van der Waals surface area contributed by atoms with E-state index in [1.807, 2.05) is 25.7 Å². The monoisotopic (exact) mass is 280 g/mol. The largest absolute Gasteiger partial charge is 0.342 e. The Hall–Kier alpha value is -1.06. The average Bonchev–Trinajstić information content (AvgIpc) is 2.43. The molecule has 114 valence electrons. The van der Waals surface area contributed by atoms with Gasteiger partial charge in [0.2, 0.25) is 11.8 Å². The third kappa shape index (κ3) is 2.84. The van der Waals surface area contributed by atoms with Gasteiger partial charge in [-0.25, -0.2) is 0 Å². The van der Waals surface area contributed by atoms with Crippen LogP contribution in [0.4, 0.5) is 0 Å². The number of carbonyl (C=O) groups excluding carboxylic acids is 2. The maximum Gasteiger partial charge on any atom is 0.246 e. The van der Waals surface area contributed by atoms with Gasteiger partial charge < -0.3 is 10.2 Å². The lowest BCUT2D eigenvalue weighted by Gasteiger charge is -2.45. The zero-order chi connectivity index (χ0) is 14.9. The molecule has 1 N–H and O–H groups in total. The second-order valence-electron chi connectivity index (χ2n) is 6.75. The van der Waals surface area contributed by atoms with Crippen LogP contribution in [0.3, 0.4) is 0 Å². The van der Waals surface area contributed by atoms with Crippen LogP contribution >= 0.6 is 0 Å². The van der Waals surface area contributed by atoms with Gasteiger partial charge in [0.25, 0.3) is 0 Å². The van der Waals surface area contributed by atoms with E-state index in [0.717, 1.165) is 12.8 Å². The summed E-state index contributed by atoms with van der Waals surface area (Å²) in [4.78, 5) is 26.8. The minimum atomic E-state index is -0.347. The van der Waals surface area contributed by atoms with Gasteiger partial charge in [0, 0.05) is 6.04 Å². The molecule has 4 atom stereocenters. The van der Waals surface area contributed by atoms with E-state index >= 15 is 0 Å². The molecular formula is C16H28N2O2. The van der Waals surface area contributed by atoms with E-state index in [1.54, 1.807) is 0 Å². The third-order valence-electron chi connectivity index (χ3n) is 5.01. The molecule has 2 rings (SSSR count). The topological polar surface area (TPSA) is 49.4 Å². The predicted molar refractivity (Wildman–Crippen MR) is 79.1 cm³/mol. The van der Waals surface area contributed by atoms with Crippen LogP contribution in [0, 0.1) is 11.8 Å². The van der Waals surface area contributed by atoms with Crippen molar-refractivity contribution in [3.05, 3.63) is 0 Å². The summed E-state index contributed by atoms with van der Waals surface area (Å²) < 4.78 is 0. The number of hydrogen-bond donors (Lipinski definition) is 1. The Morgan fingerprint density at radius 2 is 2.00 bits per heavy atom. The van der Waals surface area contributed by atoms with Gasteiger partial charge in [-0.15, -0.1) is 0 Å². The summed E-state index contributed by atoms with van der Waals surface area (Å²) in [6.45, 7) is 8.07. The summed E-state index contributed by atoms with van der Waals surface area (Å²) >= 11 is 0. The normalized spacial score (nSPS) is 35.4. The summed E-state index contributed by atoms with van der Waals surface area (Å²) in [6.07, 6.45) is 5.72. The average molecular weight is 280 g/mol. The van der Waals surface area contributed by atoms with Crippen LogP contribution in [0.15, 0.2) is 0 Å². The number of rotatable bonds is 3. The van der Waals surface area contributed by atoms with Crippen molar-refractivity contribution >= 4 is 11.8 Å². The summed E-state index contributed by atoms with van der Waals surface area (Å²) in [6, 6.07) is -0.415. The molecule has 1 aliphatic heterocycles. The fraction of sp³-hybridized carbons (Fsp3) is 0.875. The Balaban J connectivity index is 2.18. The molecule has 4 heteroatoms. The Bertz CT molecular complexity index is 381. The van der Waals surface area contributed by atoms with Crippen molar-refractivity contribution in [2.24, 2.45) is 11.8 Å². The van der Waals surface area contributed by atoms with Gasteiger partial charge in [0.1, 0.15) is 12.1 Å². The first kappa shape index (κ1) is 15.3. The van der Waals surface area contributed by atoms with Gasteiger partial charge >= 0.3 is 0 Å². The lowest BCUT2D eigenvalue weighted by molar-refractivity contribution is -0.153. The Kier molecular flexibility index (Phi) is 4.71. The molecule has 0 bridgehead atoms. The molecule has 0 aromatic carbocycles. The molecule has 1 saturated carbocycles. The minimum Gasteiger partial charge on any atom is -0.342 e. The van der Waals surface area contributed by atoms with Gasteiger partial charge in [-0.3, -0.25) is 9.59 Å². The molecule has 0 radical (unpaired) electrons. The van der Waals surface area contributed by atoms with Gasteiger partial charge in [-0.1, -0.05) is 40.0 Å². The number of nitrogens with one attached hydrogen (secondary N) is 1. The molecule has 2 amide bonds. The molecule has 4 nitrogen and oxygen atoms in total. The molecular weight excluding hydrogens is 252 g/mol. The van der Waals surface area contributed by atoms with E-state index < -0.39 is 0 Å². The molecule has 1 aliphatic carbocycles. The van der Waals surface area contributed by atoms with Crippen LogP contribution in [-0.4, -0.2) is 34.8 Å². The molecule has 2 fully saturated rings. The van der Waals surface area contributed by atoms with Crippen LogP contribution in [0.2, 0.25) is 0 Å². The smallest absolute Gasteiger partial charge is 0.246 e. The second kappa shape index (κ2) is 6.15. The maximum atomic E-state index is 12.7. The predicted octanol–water partition coefficient (Wildman–Crippen LogP) is 2.33. The number of nitrogens with zero attached hydrogens (tertiary/aromatic N) is 1. The zero-order valence-corrected chi connectivity index (χ0v) is 13.2. The maximum absolute atomic E-state index is 12.7. The molecule has 4 unspecified atom stereocenters. The fourth-order valence-electron chi connectivity index (χ4n) is 3.65. The molecule has 20 heavy (non-hydrogen) atoms. The van der Waals surface area contributed by atoms with Crippen LogP contribution in [0.5, 0.6) is 0 Å². The van der Waals surface area contributed by atoms with Crippen molar-refractivity contribution in [2.75, 3.05) is 0 Å². The van der Waals surface area contributed by atoms with Crippen molar-refractivity contribution in [2.45, 2.75) is 77.9 Å². The van der Waals surface area contributed by atoms with Gasteiger partial charge in [0.15, 0.2) is 0 Å². The van der Waals surface area contributed by atoms with Crippen LogP contribution in [0.25, 0.3) is 0 Å². The van der Waals surface area contributed by atoms with Gasteiger partial charge in [-0.05, 0) is 31.6 Å². The summed E-state index contributed by atoms with van der Waals surface area (Å²) in [5.74, 6) is 0.971. The van der Waals surface area contributed by atoms with Gasteiger partial charge in [-0.2, -0.15) is 0 Å². The van der Waals surface area contributed by atoms with E-state index in [0.29, 0.717) is 5.92 Å². The lowest BCUT2D eigenvalue weighted by Crippen LogP contribution is -2.66. The van der Waals surface area contributed by atoms with Gasteiger partial charge in [0.05, 0.1) is 0 Å². The third-order valence-corrected chi connectivity index (χ3v) is 5.01. The fourth-order valence-corrected chi connectivity index (χ4v) is 3.65. The Morgan fingerprint density at radius 1 is 1.30 bits per heavy atom. The van der Waals surface area contributed by atoms with Crippen molar-refractivity contribution in [3.8, 4) is 0 Å². The standard InChI is InChI=1S/C16H28N2O2/c1-5-12-7-6-8-13(9-12)18-11(4)15(19)17-14(10(2)3)16(18)20/h10-14H,5-9H2,1-4H3,(H,17,19). The van der Waals surface area contributed by atoms with E-state index in [4.69, 9.17) is 0 Å². The van der Waals surface area contributed by atoms with E-state index in [2.05, 4.69) is 12.2 Å².